The molecule has 2 rings (SSSR count). The number of hydrogen-bond donors (Lipinski definition) is 2. The second kappa shape index (κ2) is 5.32. The third-order valence-electron chi connectivity index (χ3n) is 3.24. The minimum Gasteiger partial charge on any atom is -0.383 e. The fourth-order valence-electron chi connectivity index (χ4n) is 2.00. The molecular formula is C13H21N3. The molecule has 0 bridgehead atoms. The molecule has 1 fully saturated rings. The van der Waals surface area contributed by atoms with Gasteiger partial charge in [-0.2, -0.15) is 0 Å². The zero-order valence-corrected chi connectivity index (χ0v) is 10.2. The molecule has 0 spiro atoms. The molecule has 0 aromatic heterocycles. The van der Waals surface area contributed by atoms with Crippen LogP contribution in [0.25, 0.3) is 0 Å². The molecule has 1 saturated heterocycles. The molecule has 1 unspecified atom stereocenters. The normalized spacial score (nSPS) is 22.0. The van der Waals surface area contributed by atoms with Gasteiger partial charge in [-0.1, -0.05) is 17.7 Å². The number of nitrogens with zero attached hydrogens (tertiary/aromatic N) is 1. The van der Waals surface area contributed by atoms with E-state index in [1.807, 2.05) is 0 Å². The van der Waals surface area contributed by atoms with Crippen LogP contribution in [-0.2, 0) is 0 Å². The molecule has 1 atom stereocenters. The van der Waals surface area contributed by atoms with Crippen LogP contribution < -0.4 is 10.6 Å². The predicted octanol–water partition coefficient (Wildman–Crippen LogP) is 1.31. The van der Waals surface area contributed by atoms with Crippen molar-refractivity contribution in [3.05, 3.63) is 29.8 Å². The Hall–Kier alpha value is -1.06. The van der Waals surface area contributed by atoms with Gasteiger partial charge >= 0.3 is 0 Å². The Morgan fingerprint density at radius 2 is 2.12 bits per heavy atom. The van der Waals surface area contributed by atoms with E-state index < -0.39 is 0 Å². The topological polar surface area (TPSA) is 27.3 Å². The first-order valence-corrected chi connectivity index (χ1v) is 5.97. The van der Waals surface area contributed by atoms with E-state index in [0.717, 1.165) is 26.2 Å². The maximum atomic E-state index is 3.49. The van der Waals surface area contributed by atoms with Gasteiger partial charge in [-0.3, -0.25) is 4.90 Å². The second-order valence-corrected chi connectivity index (χ2v) is 4.59. The summed E-state index contributed by atoms with van der Waals surface area (Å²) < 4.78 is 0. The van der Waals surface area contributed by atoms with Crippen molar-refractivity contribution >= 4 is 5.69 Å². The number of benzene rings is 1. The lowest BCUT2D eigenvalue weighted by Gasteiger charge is -2.33. The van der Waals surface area contributed by atoms with Crippen LogP contribution in [0.15, 0.2) is 24.3 Å². The number of aryl methyl sites for hydroxylation is 1. The van der Waals surface area contributed by atoms with E-state index in [1.54, 1.807) is 0 Å². The largest absolute Gasteiger partial charge is 0.383 e. The zero-order valence-electron chi connectivity index (χ0n) is 10.2. The minimum absolute atomic E-state index is 0.593. The fourth-order valence-corrected chi connectivity index (χ4v) is 2.00. The lowest BCUT2D eigenvalue weighted by atomic mass is 10.2. The first-order valence-electron chi connectivity index (χ1n) is 5.97. The van der Waals surface area contributed by atoms with Crippen LogP contribution in [0.5, 0.6) is 0 Å². The lowest BCUT2D eigenvalue weighted by molar-refractivity contribution is 0.209. The van der Waals surface area contributed by atoms with Crippen LogP contribution >= 0.6 is 0 Å². The second-order valence-electron chi connectivity index (χ2n) is 4.59. The van der Waals surface area contributed by atoms with Gasteiger partial charge in [0.25, 0.3) is 0 Å². The Balaban J connectivity index is 1.84. The molecule has 0 amide bonds. The van der Waals surface area contributed by atoms with Crippen LogP contribution in [0.1, 0.15) is 5.56 Å². The SMILES string of the molecule is Cc1ccc(NCC2CNCCN2C)cc1. The van der Waals surface area contributed by atoms with Gasteiger partial charge < -0.3 is 10.6 Å². The van der Waals surface area contributed by atoms with Crippen molar-refractivity contribution in [3.8, 4) is 0 Å². The van der Waals surface area contributed by atoms with E-state index in [1.165, 1.54) is 11.3 Å². The number of hydrogen-bond acceptors (Lipinski definition) is 3. The standard InChI is InChI=1S/C13H21N3/c1-11-3-5-12(6-4-11)15-10-13-9-14-7-8-16(13)2/h3-6,13-15H,7-10H2,1-2H3. The molecule has 0 radical (unpaired) electrons. The Labute approximate surface area is 97.8 Å². The summed E-state index contributed by atoms with van der Waals surface area (Å²) in [7, 11) is 2.20. The minimum atomic E-state index is 0.593. The van der Waals surface area contributed by atoms with E-state index in [2.05, 4.69) is 53.8 Å². The summed E-state index contributed by atoms with van der Waals surface area (Å²) in [5, 5.41) is 6.92. The van der Waals surface area contributed by atoms with Gasteiger partial charge in [0.15, 0.2) is 0 Å². The maximum absolute atomic E-state index is 3.49. The van der Waals surface area contributed by atoms with Crippen LogP contribution in [-0.4, -0.2) is 44.2 Å². The highest BCUT2D eigenvalue weighted by molar-refractivity contribution is 5.44. The zero-order chi connectivity index (χ0) is 11.4. The molecule has 2 N–H and O–H groups in total. The number of piperazine rings is 1. The summed E-state index contributed by atoms with van der Waals surface area (Å²) in [4.78, 5) is 2.41. The van der Waals surface area contributed by atoms with Gasteiger partial charge in [-0.15, -0.1) is 0 Å². The first kappa shape index (κ1) is 11.4. The van der Waals surface area contributed by atoms with Crippen molar-refractivity contribution in [2.75, 3.05) is 38.5 Å². The van der Waals surface area contributed by atoms with Gasteiger partial charge in [-0.05, 0) is 26.1 Å². The molecule has 3 heteroatoms. The van der Waals surface area contributed by atoms with Crippen molar-refractivity contribution in [2.24, 2.45) is 0 Å². The van der Waals surface area contributed by atoms with Crippen molar-refractivity contribution in [1.29, 1.82) is 0 Å². The van der Waals surface area contributed by atoms with Crippen LogP contribution in [0.3, 0.4) is 0 Å². The highest BCUT2D eigenvalue weighted by Gasteiger charge is 2.17. The Bertz CT molecular complexity index is 320. The van der Waals surface area contributed by atoms with Crippen molar-refractivity contribution in [2.45, 2.75) is 13.0 Å². The molecule has 1 heterocycles. The molecule has 3 nitrogen and oxygen atoms in total. The van der Waals surface area contributed by atoms with E-state index >= 15 is 0 Å². The van der Waals surface area contributed by atoms with Gasteiger partial charge in [0, 0.05) is 37.9 Å². The van der Waals surface area contributed by atoms with Crippen molar-refractivity contribution in [3.63, 3.8) is 0 Å². The third-order valence-corrected chi connectivity index (χ3v) is 3.24. The maximum Gasteiger partial charge on any atom is 0.0390 e. The Morgan fingerprint density at radius 1 is 1.38 bits per heavy atom. The average molecular weight is 219 g/mol. The first-order chi connectivity index (χ1) is 7.75. The number of nitrogens with one attached hydrogen (secondary N) is 2. The summed E-state index contributed by atoms with van der Waals surface area (Å²) in [6.45, 7) is 6.45. The van der Waals surface area contributed by atoms with Gasteiger partial charge in [0.05, 0.1) is 0 Å². The van der Waals surface area contributed by atoms with Gasteiger partial charge in [-0.25, -0.2) is 0 Å². The molecule has 0 saturated carbocycles. The molecule has 1 aromatic carbocycles. The van der Waals surface area contributed by atoms with E-state index in [4.69, 9.17) is 0 Å². The molecule has 1 aliphatic rings. The number of rotatable bonds is 3. The average Bonchev–Trinajstić information content (AvgIpc) is 2.30. The van der Waals surface area contributed by atoms with E-state index in [0.29, 0.717) is 6.04 Å². The summed E-state index contributed by atoms with van der Waals surface area (Å²) in [5.41, 5.74) is 2.52. The number of anilines is 1. The quantitative estimate of drug-likeness (QED) is 0.802. The number of likely N-dealkylation sites (N-methyl/N-ethyl adjacent to an activating group) is 1. The van der Waals surface area contributed by atoms with Gasteiger partial charge in [0.1, 0.15) is 0 Å². The van der Waals surface area contributed by atoms with Gasteiger partial charge in [0.2, 0.25) is 0 Å². The molecule has 1 aromatic rings. The Kier molecular flexibility index (Phi) is 3.80. The van der Waals surface area contributed by atoms with E-state index in [-0.39, 0.29) is 0 Å². The van der Waals surface area contributed by atoms with Crippen LogP contribution in [0, 0.1) is 6.92 Å². The summed E-state index contributed by atoms with van der Waals surface area (Å²) in [6, 6.07) is 9.17. The molecule has 1 aliphatic heterocycles. The highest BCUT2D eigenvalue weighted by Crippen LogP contribution is 2.09. The fraction of sp³-hybridized carbons (Fsp3) is 0.538. The molecule has 16 heavy (non-hydrogen) atoms. The molecule has 88 valence electrons. The third kappa shape index (κ3) is 2.97. The van der Waals surface area contributed by atoms with E-state index in [9.17, 15) is 0 Å². The van der Waals surface area contributed by atoms with Crippen LogP contribution in [0.4, 0.5) is 5.69 Å². The summed E-state index contributed by atoms with van der Waals surface area (Å²) in [6.07, 6.45) is 0. The molecule has 0 aliphatic carbocycles. The molecular weight excluding hydrogens is 198 g/mol. The highest BCUT2D eigenvalue weighted by atomic mass is 15.2. The smallest absolute Gasteiger partial charge is 0.0390 e. The van der Waals surface area contributed by atoms with Crippen molar-refractivity contribution in [1.82, 2.24) is 10.2 Å². The summed E-state index contributed by atoms with van der Waals surface area (Å²) >= 11 is 0. The van der Waals surface area contributed by atoms with Crippen molar-refractivity contribution < 1.29 is 0 Å². The van der Waals surface area contributed by atoms with Crippen LogP contribution in [0.2, 0.25) is 0 Å². The summed E-state index contributed by atoms with van der Waals surface area (Å²) in [5.74, 6) is 0. The lowest BCUT2D eigenvalue weighted by Crippen LogP contribution is -2.52. The Morgan fingerprint density at radius 3 is 2.81 bits per heavy atom. The monoisotopic (exact) mass is 219 g/mol. The predicted molar refractivity (Wildman–Crippen MR) is 69.0 cm³/mol.